The lowest BCUT2D eigenvalue weighted by Crippen LogP contribution is -2.66. The zero-order valence-electron chi connectivity index (χ0n) is 29.8. The SMILES string of the molecule is CCCCCCCCCCC(O)C(COC1OC(CO)C(OC2OC(CO)C(OC3OC(CO)C(O)C(O)C3O)C(O)C2O)C(O)C1O)NC(C)=O. The van der Waals surface area contributed by atoms with E-state index >= 15 is 0 Å². The van der Waals surface area contributed by atoms with Crippen LogP contribution in [0.5, 0.6) is 0 Å². The highest BCUT2D eigenvalue weighted by Gasteiger charge is 2.53. The lowest BCUT2D eigenvalue weighted by atomic mass is 9.96. The number of aliphatic hydroxyl groups is 11. The zero-order chi connectivity index (χ0) is 38.5. The fourth-order valence-corrected chi connectivity index (χ4v) is 6.58. The molecule has 306 valence electrons. The number of hydrogen-bond donors (Lipinski definition) is 12. The lowest BCUT2D eigenvalue weighted by molar-refractivity contribution is -0.379. The van der Waals surface area contributed by atoms with Crippen molar-refractivity contribution in [2.24, 2.45) is 0 Å². The van der Waals surface area contributed by atoms with Crippen molar-refractivity contribution in [3.05, 3.63) is 0 Å². The minimum absolute atomic E-state index is 0.319. The zero-order valence-corrected chi connectivity index (χ0v) is 29.8. The molecule has 0 spiro atoms. The van der Waals surface area contributed by atoms with Crippen molar-refractivity contribution in [3.63, 3.8) is 0 Å². The standard InChI is InChI=1S/C33H61NO18/c1-3-4-5-6-7-8-9-10-11-18(39)17(34-16(2)38)15-47-31-27(45)24(42)29(20(13-36)49-31)52-33-28(46)25(43)30(21(14-37)50-33)51-32-26(44)23(41)22(40)19(12-35)48-32/h17-33,35-37,39-46H,3-15H2,1-2H3,(H,34,38). The molecule has 17 atom stereocenters. The van der Waals surface area contributed by atoms with Gasteiger partial charge in [-0.3, -0.25) is 4.79 Å². The van der Waals surface area contributed by atoms with Crippen molar-refractivity contribution in [2.75, 3.05) is 26.4 Å². The van der Waals surface area contributed by atoms with Gasteiger partial charge in [-0.2, -0.15) is 0 Å². The summed E-state index contributed by atoms with van der Waals surface area (Å²) in [6, 6.07) is -0.877. The average Bonchev–Trinajstić information content (AvgIpc) is 3.12. The summed E-state index contributed by atoms with van der Waals surface area (Å²) in [5.74, 6) is -0.425. The van der Waals surface area contributed by atoms with E-state index in [9.17, 15) is 61.0 Å². The van der Waals surface area contributed by atoms with Crippen LogP contribution in [0.2, 0.25) is 0 Å². The van der Waals surface area contributed by atoms with Crippen LogP contribution in [-0.4, -0.2) is 193 Å². The second-order valence-electron chi connectivity index (χ2n) is 13.8. The van der Waals surface area contributed by atoms with Crippen molar-refractivity contribution in [1.82, 2.24) is 5.32 Å². The fourth-order valence-electron chi connectivity index (χ4n) is 6.58. The van der Waals surface area contributed by atoms with E-state index in [1.54, 1.807) is 0 Å². The molecule has 0 saturated carbocycles. The molecule has 19 nitrogen and oxygen atoms in total. The van der Waals surface area contributed by atoms with Gasteiger partial charge in [0.2, 0.25) is 5.91 Å². The van der Waals surface area contributed by atoms with Crippen LogP contribution in [0.3, 0.4) is 0 Å². The Balaban J connectivity index is 1.58. The Kier molecular flexibility index (Phi) is 19.4. The molecule has 0 aliphatic carbocycles. The predicted molar refractivity (Wildman–Crippen MR) is 176 cm³/mol. The molecule has 3 aliphatic heterocycles. The minimum Gasteiger partial charge on any atom is -0.394 e. The van der Waals surface area contributed by atoms with E-state index < -0.39 is 130 Å². The Morgan fingerprint density at radius 3 is 1.56 bits per heavy atom. The lowest BCUT2D eigenvalue weighted by Gasteiger charge is -2.48. The third kappa shape index (κ3) is 12.1. The summed E-state index contributed by atoms with van der Waals surface area (Å²) < 4.78 is 33.4. The number of aliphatic hydroxyl groups excluding tert-OH is 11. The summed E-state index contributed by atoms with van der Waals surface area (Å²) in [4.78, 5) is 11.9. The van der Waals surface area contributed by atoms with E-state index in [2.05, 4.69) is 12.2 Å². The molecule has 0 bridgehead atoms. The average molecular weight is 760 g/mol. The minimum atomic E-state index is -1.96. The quantitative estimate of drug-likeness (QED) is 0.0494. The Morgan fingerprint density at radius 1 is 0.615 bits per heavy atom. The van der Waals surface area contributed by atoms with Gasteiger partial charge in [-0.05, 0) is 6.42 Å². The summed E-state index contributed by atoms with van der Waals surface area (Å²) in [6.07, 6.45) is -17.5. The predicted octanol–water partition coefficient (Wildman–Crippen LogP) is -4.15. The van der Waals surface area contributed by atoms with E-state index in [1.165, 1.54) is 32.6 Å². The fraction of sp³-hybridized carbons (Fsp3) is 0.970. The molecule has 3 rings (SSSR count). The molecule has 12 N–H and O–H groups in total. The second-order valence-corrected chi connectivity index (χ2v) is 13.8. The molecule has 17 unspecified atom stereocenters. The number of nitrogens with one attached hydrogen (secondary N) is 1. The molecule has 1 amide bonds. The molecule has 52 heavy (non-hydrogen) atoms. The molecular weight excluding hydrogens is 698 g/mol. The summed E-state index contributed by atoms with van der Waals surface area (Å²) in [6.45, 7) is 0.716. The highest BCUT2D eigenvalue weighted by molar-refractivity contribution is 5.73. The number of carbonyl (C=O) groups excluding carboxylic acids is 1. The number of unbranched alkanes of at least 4 members (excludes halogenated alkanes) is 7. The van der Waals surface area contributed by atoms with Crippen molar-refractivity contribution in [1.29, 1.82) is 0 Å². The maximum Gasteiger partial charge on any atom is 0.217 e. The number of amides is 1. The van der Waals surface area contributed by atoms with Crippen LogP contribution < -0.4 is 5.32 Å². The topological polar surface area (TPSA) is 307 Å². The van der Waals surface area contributed by atoms with Crippen LogP contribution >= 0.6 is 0 Å². The molecule has 3 fully saturated rings. The highest BCUT2D eigenvalue weighted by Crippen LogP contribution is 2.32. The summed E-state index contributed by atoms with van der Waals surface area (Å²) in [7, 11) is 0. The molecule has 3 heterocycles. The molecule has 0 radical (unpaired) electrons. The Hall–Kier alpha value is -1.21. The van der Waals surface area contributed by atoms with E-state index in [0.717, 1.165) is 25.7 Å². The Bertz CT molecular complexity index is 1010. The molecule has 3 saturated heterocycles. The molecule has 19 heteroatoms. The highest BCUT2D eigenvalue weighted by atomic mass is 16.8. The first-order valence-electron chi connectivity index (χ1n) is 18.2. The first-order valence-corrected chi connectivity index (χ1v) is 18.2. The molecule has 0 aromatic carbocycles. The molecule has 0 aromatic heterocycles. The monoisotopic (exact) mass is 759 g/mol. The maximum absolute atomic E-state index is 11.9. The molecule has 3 aliphatic rings. The third-order valence-corrected chi connectivity index (χ3v) is 9.72. The van der Waals surface area contributed by atoms with Crippen LogP contribution in [0.25, 0.3) is 0 Å². The van der Waals surface area contributed by atoms with E-state index in [4.69, 9.17) is 28.4 Å². The smallest absolute Gasteiger partial charge is 0.217 e. The van der Waals surface area contributed by atoms with Gasteiger partial charge < -0.3 is 89.9 Å². The van der Waals surface area contributed by atoms with Crippen LogP contribution in [0.4, 0.5) is 0 Å². The molecular formula is C33H61NO18. The molecule has 0 aromatic rings. The van der Waals surface area contributed by atoms with E-state index in [1.807, 2.05) is 0 Å². The number of carbonyl (C=O) groups is 1. The van der Waals surface area contributed by atoms with Gasteiger partial charge in [0.05, 0.1) is 38.6 Å². The van der Waals surface area contributed by atoms with Crippen LogP contribution in [0, 0.1) is 0 Å². The second kappa shape index (κ2) is 22.4. The summed E-state index contributed by atoms with van der Waals surface area (Å²) >= 11 is 0. The first-order chi connectivity index (χ1) is 24.8. The summed E-state index contributed by atoms with van der Waals surface area (Å²) in [5, 5.41) is 117. The maximum atomic E-state index is 11.9. The number of hydrogen-bond acceptors (Lipinski definition) is 18. The van der Waals surface area contributed by atoms with E-state index in [-0.39, 0.29) is 6.61 Å². The van der Waals surface area contributed by atoms with Crippen molar-refractivity contribution in [3.8, 4) is 0 Å². The van der Waals surface area contributed by atoms with Crippen LogP contribution in [0.1, 0.15) is 71.6 Å². The van der Waals surface area contributed by atoms with Crippen LogP contribution in [-0.2, 0) is 33.2 Å². The van der Waals surface area contributed by atoms with Gasteiger partial charge in [0.25, 0.3) is 0 Å². The number of rotatable bonds is 21. The van der Waals surface area contributed by atoms with Crippen molar-refractivity contribution < 1.29 is 89.4 Å². The summed E-state index contributed by atoms with van der Waals surface area (Å²) in [5.41, 5.74) is 0. The Morgan fingerprint density at radius 2 is 1.06 bits per heavy atom. The normalized spacial score (nSPS) is 39.6. The van der Waals surface area contributed by atoms with Gasteiger partial charge in [0.1, 0.15) is 73.2 Å². The third-order valence-electron chi connectivity index (χ3n) is 9.72. The first kappa shape index (κ1) is 45.2. The van der Waals surface area contributed by atoms with Crippen molar-refractivity contribution in [2.45, 2.75) is 176 Å². The van der Waals surface area contributed by atoms with Gasteiger partial charge in [0.15, 0.2) is 18.9 Å². The Labute approximate surface area is 303 Å². The van der Waals surface area contributed by atoms with E-state index in [0.29, 0.717) is 6.42 Å². The largest absolute Gasteiger partial charge is 0.394 e. The van der Waals surface area contributed by atoms with Crippen LogP contribution in [0.15, 0.2) is 0 Å². The van der Waals surface area contributed by atoms with Gasteiger partial charge in [0, 0.05) is 6.92 Å². The van der Waals surface area contributed by atoms with Gasteiger partial charge in [-0.25, -0.2) is 0 Å². The van der Waals surface area contributed by atoms with Gasteiger partial charge >= 0.3 is 0 Å². The van der Waals surface area contributed by atoms with Gasteiger partial charge in [-0.1, -0.05) is 58.3 Å². The van der Waals surface area contributed by atoms with Crippen molar-refractivity contribution >= 4 is 5.91 Å². The van der Waals surface area contributed by atoms with Gasteiger partial charge in [-0.15, -0.1) is 0 Å². The number of ether oxygens (including phenoxy) is 6.